The third-order valence-electron chi connectivity index (χ3n) is 4.74. The molecule has 0 radical (unpaired) electrons. The number of carbonyl (C=O) groups excluding carboxylic acids is 2. The summed E-state index contributed by atoms with van der Waals surface area (Å²) in [5, 5.41) is 6.55. The van der Waals surface area contributed by atoms with E-state index < -0.39 is 0 Å². The van der Waals surface area contributed by atoms with Crippen molar-refractivity contribution < 1.29 is 23.6 Å². The summed E-state index contributed by atoms with van der Waals surface area (Å²) in [4.78, 5) is 27.1. The van der Waals surface area contributed by atoms with Gasteiger partial charge in [-0.25, -0.2) is 0 Å². The first-order chi connectivity index (χ1) is 13.4. The van der Waals surface area contributed by atoms with E-state index in [0.717, 1.165) is 3.57 Å². The fourth-order valence-corrected chi connectivity index (χ4v) is 3.86. The Morgan fingerprint density at radius 1 is 1.18 bits per heavy atom. The minimum atomic E-state index is -0.162. The number of anilines is 1. The van der Waals surface area contributed by atoms with Crippen molar-refractivity contribution in [1.82, 2.24) is 10.1 Å². The molecule has 0 spiro atoms. The summed E-state index contributed by atoms with van der Waals surface area (Å²) in [6.45, 7) is 2.79. The molecule has 1 aromatic carbocycles. The van der Waals surface area contributed by atoms with Crippen LogP contribution in [0.15, 0.2) is 22.7 Å². The maximum absolute atomic E-state index is 13.0. The van der Waals surface area contributed by atoms with Crippen molar-refractivity contribution in [3.8, 4) is 11.5 Å². The fraction of sp³-hybridized carbons (Fsp3) is 0.421. The highest BCUT2D eigenvalue weighted by molar-refractivity contribution is 14.1. The number of aromatic nitrogens is 1. The van der Waals surface area contributed by atoms with Crippen molar-refractivity contribution >= 4 is 40.2 Å². The number of hydrogen-bond donors (Lipinski definition) is 1. The third kappa shape index (κ3) is 4.40. The Hall–Kier alpha value is -2.30. The number of amides is 2. The van der Waals surface area contributed by atoms with Crippen LogP contribution in [0.4, 0.5) is 5.82 Å². The average Bonchev–Trinajstić information content (AvgIpc) is 3.11. The van der Waals surface area contributed by atoms with Crippen LogP contribution in [0.2, 0.25) is 0 Å². The van der Waals surface area contributed by atoms with E-state index in [-0.39, 0.29) is 17.7 Å². The minimum absolute atomic E-state index is 0.0728. The second-order valence-electron chi connectivity index (χ2n) is 6.57. The van der Waals surface area contributed by atoms with Crippen molar-refractivity contribution in [3.05, 3.63) is 33.1 Å². The summed E-state index contributed by atoms with van der Waals surface area (Å²) >= 11 is 2.12. The predicted molar refractivity (Wildman–Crippen MR) is 111 cm³/mol. The highest BCUT2D eigenvalue weighted by Crippen LogP contribution is 2.32. The average molecular weight is 499 g/mol. The number of carbonyl (C=O) groups is 2. The number of methoxy groups -OCH3 is 2. The molecule has 9 heteroatoms. The topological polar surface area (TPSA) is 93.9 Å². The van der Waals surface area contributed by atoms with Crippen LogP contribution in [-0.4, -0.2) is 49.2 Å². The number of likely N-dealkylation sites (tertiary alicyclic amines) is 1. The van der Waals surface area contributed by atoms with Gasteiger partial charge in [-0.05, 0) is 54.5 Å². The van der Waals surface area contributed by atoms with Crippen molar-refractivity contribution in [2.75, 3.05) is 32.6 Å². The second kappa shape index (κ2) is 8.80. The lowest BCUT2D eigenvalue weighted by Gasteiger charge is -2.31. The zero-order valence-corrected chi connectivity index (χ0v) is 18.1. The van der Waals surface area contributed by atoms with Crippen LogP contribution < -0.4 is 14.8 Å². The van der Waals surface area contributed by atoms with Gasteiger partial charge < -0.3 is 24.2 Å². The standard InChI is InChI=1S/C19H22IN3O5/c1-11-8-17(22-28-11)21-18(24)12-4-6-23(7-5-12)19(25)13-9-15(26-2)16(27-3)10-14(13)20/h8-10,12H,4-7H2,1-3H3,(H,21,22,24). The van der Waals surface area contributed by atoms with Crippen LogP contribution in [-0.2, 0) is 4.79 Å². The summed E-state index contributed by atoms with van der Waals surface area (Å²) in [5.74, 6) is 1.83. The molecule has 0 saturated carbocycles. The van der Waals surface area contributed by atoms with E-state index in [9.17, 15) is 9.59 Å². The molecule has 1 fully saturated rings. The zero-order chi connectivity index (χ0) is 20.3. The second-order valence-corrected chi connectivity index (χ2v) is 7.73. The Bertz CT molecular complexity index is 874. The number of halogens is 1. The molecule has 3 rings (SSSR count). The molecule has 1 saturated heterocycles. The molecule has 0 bridgehead atoms. The molecule has 150 valence electrons. The molecule has 2 heterocycles. The monoisotopic (exact) mass is 499 g/mol. The Morgan fingerprint density at radius 3 is 2.39 bits per heavy atom. The van der Waals surface area contributed by atoms with E-state index in [4.69, 9.17) is 14.0 Å². The van der Waals surface area contributed by atoms with Crippen molar-refractivity contribution in [3.63, 3.8) is 0 Å². The first-order valence-corrected chi connectivity index (χ1v) is 9.95. The largest absolute Gasteiger partial charge is 0.493 e. The summed E-state index contributed by atoms with van der Waals surface area (Å²) in [7, 11) is 3.10. The van der Waals surface area contributed by atoms with Crippen LogP contribution in [0.5, 0.6) is 11.5 Å². The van der Waals surface area contributed by atoms with Gasteiger partial charge in [0.05, 0.1) is 19.8 Å². The molecule has 8 nitrogen and oxygen atoms in total. The first-order valence-electron chi connectivity index (χ1n) is 8.88. The van der Waals surface area contributed by atoms with Gasteiger partial charge in [-0.15, -0.1) is 0 Å². The molecule has 0 aliphatic carbocycles. The van der Waals surface area contributed by atoms with Gasteiger partial charge in [0, 0.05) is 28.6 Å². The van der Waals surface area contributed by atoms with E-state index in [2.05, 4.69) is 33.1 Å². The molecule has 28 heavy (non-hydrogen) atoms. The molecule has 0 unspecified atom stereocenters. The van der Waals surface area contributed by atoms with Crippen molar-refractivity contribution in [2.45, 2.75) is 19.8 Å². The number of hydrogen-bond acceptors (Lipinski definition) is 6. The van der Waals surface area contributed by atoms with E-state index in [0.29, 0.717) is 54.6 Å². The molecule has 1 aliphatic rings. The van der Waals surface area contributed by atoms with Crippen LogP contribution in [0, 0.1) is 16.4 Å². The number of ether oxygens (including phenoxy) is 2. The SMILES string of the molecule is COc1cc(I)c(C(=O)N2CCC(C(=O)Nc3cc(C)on3)CC2)cc1OC. The number of rotatable bonds is 5. The van der Waals surface area contributed by atoms with Gasteiger partial charge in [-0.2, -0.15) is 0 Å². The van der Waals surface area contributed by atoms with Crippen LogP contribution in [0.25, 0.3) is 0 Å². The summed E-state index contributed by atoms with van der Waals surface area (Å²) in [6, 6.07) is 5.16. The van der Waals surface area contributed by atoms with Crippen molar-refractivity contribution in [2.24, 2.45) is 5.92 Å². The fourth-order valence-electron chi connectivity index (χ4n) is 3.19. The molecule has 1 N–H and O–H groups in total. The molecule has 1 aromatic heterocycles. The number of nitrogens with zero attached hydrogens (tertiary/aromatic N) is 2. The predicted octanol–water partition coefficient (Wildman–Crippen LogP) is 3.10. The smallest absolute Gasteiger partial charge is 0.255 e. The van der Waals surface area contributed by atoms with Gasteiger partial charge >= 0.3 is 0 Å². The normalized spacial score (nSPS) is 14.6. The van der Waals surface area contributed by atoms with E-state index >= 15 is 0 Å². The Kier molecular flexibility index (Phi) is 6.42. The Morgan fingerprint density at radius 2 is 1.82 bits per heavy atom. The number of nitrogens with one attached hydrogen (secondary N) is 1. The summed E-state index contributed by atoms with van der Waals surface area (Å²) in [5.41, 5.74) is 0.569. The van der Waals surface area contributed by atoms with Gasteiger partial charge in [0.1, 0.15) is 5.76 Å². The van der Waals surface area contributed by atoms with Gasteiger partial charge in [0.25, 0.3) is 5.91 Å². The van der Waals surface area contributed by atoms with Crippen LogP contribution in [0.1, 0.15) is 29.0 Å². The zero-order valence-electron chi connectivity index (χ0n) is 16.0. The maximum atomic E-state index is 13.0. The third-order valence-corrected chi connectivity index (χ3v) is 5.63. The van der Waals surface area contributed by atoms with E-state index in [1.54, 1.807) is 44.2 Å². The summed E-state index contributed by atoms with van der Waals surface area (Å²) in [6.07, 6.45) is 1.19. The first kappa shape index (κ1) is 20.4. The quantitative estimate of drug-likeness (QED) is 0.636. The van der Waals surface area contributed by atoms with E-state index in [1.165, 1.54) is 0 Å². The Balaban J connectivity index is 1.63. The molecule has 2 amide bonds. The van der Waals surface area contributed by atoms with Crippen LogP contribution >= 0.6 is 22.6 Å². The van der Waals surface area contributed by atoms with Gasteiger partial charge in [0.15, 0.2) is 17.3 Å². The lowest BCUT2D eigenvalue weighted by Crippen LogP contribution is -2.41. The maximum Gasteiger partial charge on any atom is 0.255 e. The molecular formula is C19H22IN3O5. The number of benzene rings is 1. The van der Waals surface area contributed by atoms with Crippen LogP contribution in [0.3, 0.4) is 0 Å². The molecule has 0 atom stereocenters. The highest BCUT2D eigenvalue weighted by Gasteiger charge is 2.29. The van der Waals surface area contributed by atoms with Crippen molar-refractivity contribution in [1.29, 1.82) is 0 Å². The van der Waals surface area contributed by atoms with E-state index in [1.807, 2.05) is 0 Å². The minimum Gasteiger partial charge on any atom is -0.493 e. The summed E-state index contributed by atoms with van der Waals surface area (Å²) < 4.78 is 16.3. The Labute approximate surface area is 176 Å². The lowest BCUT2D eigenvalue weighted by molar-refractivity contribution is -0.121. The molecular weight excluding hydrogens is 477 g/mol. The van der Waals surface area contributed by atoms with Gasteiger partial charge in [-0.3, -0.25) is 9.59 Å². The number of piperidine rings is 1. The lowest BCUT2D eigenvalue weighted by atomic mass is 9.95. The van der Waals surface area contributed by atoms with Gasteiger partial charge in [0.2, 0.25) is 5.91 Å². The van der Waals surface area contributed by atoms with Gasteiger partial charge in [-0.1, -0.05) is 5.16 Å². The molecule has 2 aromatic rings. The highest BCUT2D eigenvalue weighted by atomic mass is 127. The number of aryl methyl sites for hydroxylation is 1. The molecule has 1 aliphatic heterocycles.